The fourth-order valence-electron chi connectivity index (χ4n) is 2.16. The van der Waals surface area contributed by atoms with Gasteiger partial charge in [-0.2, -0.15) is 0 Å². The van der Waals surface area contributed by atoms with Crippen LogP contribution >= 0.6 is 0 Å². The third-order valence-electron chi connectivity index (χ3n) is 2.98. The Kier molecular flexibility index (Phi) is 2.13. The lowest BCUT2D eigenvalue weighted by atomic mass is 10.1. The number of hydrogen-bond acceptors (Lipinski definition) is 2. The first-order chi connectivity index (χ1) is 8.68. The van der Waals surface area contributed by atoms with Gasteiger partial charge < -0.3 is 20.8 Å². The summed E-state index contributed by atoms with van der Waals surface area (Å²) in [6.07, 6.45) is 3.28. The van der Waals surface area contributed by atoms with Gasteiger partial charge in [-0.05, 0) is 6.07 Å². The molecule has 0 saturated heterocycles. The Hall–Kier alpha value is -2.69. The molecule has 0 saturated carbocycles. The topological polar surface area (TPSA) is 94.9 Å². The number of nitrogen functional groups attached to an aromatic ring is 1. The van der Waals surface area contributed by atoms with E-state index in [0.29, 0.717) is 5.69 Å². The number of aromatic nitrogens is 2. The molecule has 5 nitrogen and oxygen atoms in total. The summed E-state index contributed by atoms with van der Waals surface area (Å²) in [6, 6.07) is 7.70. The normalized spacial score (nSPS) is 10.9. The van der Waals surface area contributed by atoms with Crippen LogP contribution in [0.4, 0.5) is 5.69 Å². The molecule has 5 N–H and O–H groups in total. The van der Waals surface area contributed by atoms with Crippen molar-refractivity contribution in [3.05, 3.63) is 42.2 Å². The maximum atomic E-state index is 11.2. The zero-order chi connectivity index (χ0) is 12.7. The molecule has 0 bridgehead atoms. The molecule has 1 aromatic carbocycles. The van der Waals surface area contributed by atoms with Crippen LogP contribution in [-0.4, -0.2) is 21.0 Å². The second-order valence-electron chi connectivity index (χ2n) is 4.05. The number of benzene rings is 1. The quantitative estimate of drug-likeness (QED) is 0.555. The summed E-state index contributed by atoms with van der Waals surface area (Å²) in [7, 11) is 0. The van der Waals surface area contributed by atoms with Crippen molar-refractivity contribution >= 4 is 22.6 Å². The molecule has 18 heavy (non-hydrogen) atoms. The molecular formula is C13H11N3O2. The summed E-state index contributed by atoms with van der Waals surface area (Å²) in [4.78, 5) is 17.3. The maximum Gasteiger partial charge on any atom is 0.340 e. The van der Waals surface area contributed by atoms with E-state index in [9.17, 15) is 9.90 Å². The van der Waals surface area contributed by atoms with Crippen LogP contribution in [0.25, 0.3) is 22.2 Å². The van der Waals surface area contributed by atoms with Gasteiger partial charge in [0.25, 0.3) is 0 Å². The smallest absolute Gasteiger partial charge is 0.340 e. The highest BCUT2D eigenvalue weighted by atomic mass is 16.4. The minimum Gasteiger partial charge on any atom is -0.478 e. The van der Waals surface area contributed by atoms with Crippen LogP contribution < -0.4 is 5.73 Å². The van der Waals surface area contributed by atoms with Crippen molar-refractivity contribution in [3.63, 3.8) is 0 Å². The predicted molar refractivity (Wildman–Crippen MR) is 69.5 cm³/mol. The van der Waals surface area contributed by atoms with Gasteiger partial charge in [0.1, 0.15) is 5.56 Å². The van der Waals surface area contributed by atoms with Gasteiger partial charge in [0, 0.05) is 28.9 Å². The van der Waals surface area contributed by atoms with Crippen molar-refractivity contribution in [2.24, 2.45) is 0 Å². The second-order valence-corrected chi connectivity index (χ2v) is 4.05. The summed E-state index contributed by atoms with van der Waals surface area (Å²) >= 11 is 0. The number of carboxylic acid groups (broad SMARTS) is 1. The van der Waals surface area contributed by atoms with E-state index in [1.165, 1.54) is 6.20 Å². The standard InChI is InChI=1S/C13H11N3O2/c14-9-6-16-12(11(9)13(17)18)8-5-15-10-4-2-1-3-7(8)10/h1-6,15-16H,14H2,(H,17,18). The number of fused-ring (bicyclic) bond motifs is 1. The van der Waals surface area contributed by atoms with E-state index in [4.69, 9.17) is 5.73 Å². The molecule has 2 heterocycles. The van der Waals surface area contributed by atoms with Crippen LogP contribution in [-0.2, 0) is 0 Å². The van der Waals surface area contributed by atoms with Crippen LogP contribution in [0.3, 0.4) is 0 Å². The van der Waals surface area contributed by atoms with E-state index >= 15 is 0 Å². The molecule has 0 fully saturated rings. The Morgan fingerprint density at radius 2 is 1.94 bits per heavy atom. The van der Waals surface area contributed by atoms with E-state index in [2.05, 4.69) is 9.97 Å². The van der Waals surface area contributed by atoms with Crippen molar-refractivity contribution in [2.45, 2.75) is 0 Å². The van der Waals surface area contributed by atoms with Crippen molar-refractivity contribution in [1.82, 2.24) is 9.97 Å². The Labute approximate surface area is 102 Å². The van der Waals surface area contributed by atoms with Gasteiger partial charge in [0.05, 0.1) is 11.4 Å². The summed E-state index contributed by atoms with van der Waals surface area (Å²) in [5, 5.41) is 10.2. The zero-order valence-corrected chi connectivity index (χ0v) is 9.40. The molecule has 3 rings (SSSR count). The summed E-state index contributed by atoms with van der Waals surface area (Å²) in [5.41, 5.74) is 8.31. The largest absolute Gasteiger partial charge is 0.478 e. The van der Waals surface area contributed by atoms with Gasteiger partial charge in [0.2, 0.25) is 0 Å². The van der Waals surface area contributed by atoms with Gasteiger partial charge in [-0.3, -0.25) is 0 Å². The van der Waals surface area contributed by atoms with Gasteiger partial charge >= 0.3 is 5.97 Å². The minimum atomic E-state index is -1.03. The van der Waals surface area contributed by atoms with Gasteiger partial charge in [-0.1, -0.05) is 18.2 Å². The molecule has 0 aliphatic rings. The molecule has 5 heteroatoms. The average Bonchev–Trinajstić information content (AvgIpc) is 2.92. The van der Waals surface area contributed by atoms with Crippen molar-refractivity contribution in [1.29, 1.82) is 0 Å². The predicted octanol–water partition coefficient (Wildman–Crippen LogP) is 2.44. The molecule has 0 atom stereocenters. The number of carboxylic acids is 1. The number of nitrogens with two attached hydrogens (primary N) is 1. The van der Waals surface area contributed by atoms with E-state index in [1.54, 1.807) is 6.20 Å². The maximum absolute atomic E-state index is 11.2. The van der Waals surface area contributed by atoms with Gasteiger partial charge in [-0.15, -0.1) is 0 Å². The van der Waals surface area contributed by atoms with Gasteiger partial charge in [-0.25, -0.2) is 4.79 Å². The lowest BCUT2D eigenvalue weighted by Gasteiger charge is -1.99. The fourth-order valence-corrected chi connectivity index (χ4v) is 2.16. The Bertz CT molecular complexity index is 740. The molecule has 0 radical (unpaired) electrons. The average molecular weight is 241 g/mol. The van der Waals surface area contributed by atoms with E-state index in [-0.39, 0.29) is 11.3 Å². The second kappa shape index (κ2) is 3.66. The molecule has 0 aliphatic heterocycles. The van der Waals surface area contributed by atoms with E-state index in [0.717, 1.165) is 16.5 Å². The van der Waals surface area contributed by atoms with Crippen LogP contribution in [0, 0.1) is 0 Å². The number of nitrogens with one attached hydrogen (secondary N) is 2. The van der Waals surface area contributed by atoms with Crippen molar-refractivity contribution < 1.29 is 9.90 Å². The minimum absolute atomic E-state index is 0.111. The first-order valence-electron chi connectivity index (χ1n) is 5.45. The molecular weight excluding hydrogens is 230 g/mol. The third-order valence-corrected chi connectivity index (χ3v) is 2.98. The Balaban J connectivity index is 2.30. The SMILES string of the molecule is Nc1c[nH]c(-c2c[nH]c3ccccc23)c1C(=O)O. The number of H-pyrrole nitrogens is 2. The highest BCUT2D eigenvalue weighted by molar-refractivity contribution is 6.05. The third kappa shape index (κ3) is 1.37. The molecule has 0 amide bonds. The number of aromatic amines is 2. The molecule has 90 valence electrons. The number of carbonyl (C=O) groups is 1. The van der Waals surface area contributed by atoms with E-state index in [1.807, 2.05) is 24.3 Å². The summed E-state index contributed by atoms with van der Waals surface area (Å²) < 4.78 is 0. The molecule has 0 unspecified atom stereocenters. The lowest BCUT2D eigenvalue weighted by molar-refractivity contribution is 0.0699. The number of para-hydroxylation sites is 1. The van der Waals surface area contributed by atoms with Crippen LogP contribution in [0.5, 0.6) is 0 Å². The first kappa shape index (κ1) is 10.5. The molecule has 0 aliphatic carbocycles. The van der Waals surface area contributed by atoms with Crippen LogP contribution in [0.1, 0.15) is 10.4 Å². The number of anilines is 1. The molecule has 0 spiro atoms. The molecule has 2 aromatic heterocycles. The monoisotopic (exact) mass is 241 g/mol. The van der Waals surface area contributed by atoms with Crippen LogP contribution in [0.2, 0.25) is 0 Å². The number of rotatable bonds is 2. The Morgan fingerprint density at radius 3 is 2.72 bits per heavy atom. The molecule has 3 aromatic rings. The lowest BCUT2D eigenvalue weighted by Crippen LogP contribution is -2.00. The number of hydrogen-bond donors (Lipinski definition) is 4. The zero-order valence-electron chi connectivity index (χ0n) is 9.40. The van der Waals surface area contributed by atoms with E-state index < -0.39 is 5.97 Å². The van der Waals surface area contributed by atoms with Crippen molar-refractivity contribution in [3.8, 4) is 11.3 Å². The summed E-state index contributed by atoms with van der Waals surface area (Å²) in [5.74, 6) is -1.03. The van der Waals surface area contributed by atoms with Crippen molar-refractivity contribution in [2.75, 3.05) is 5.73 Å². The number of aromatic carboxylic acids is 1. The van der Waals surface area contributed by atoms with Crippen LogP contribution in [0.15, 0.2) is 36.7 Å². The fraction of sp³-hybridized carbons (Fsp3) is 0. The highest BCUT2D eigenvalue weighted by Gasteiger charge is 2.19. The Morgan fingerprint density at radius 1 is 1.17 bits per heavy atom. The van der Waals surface area contributed by atoms with Gasteiger partial charge in [0.15, 0.2) is 0 Å². The first-order valence-corrected chi connectivity index (χ1v) is 5.45. The summed E-state index contributed by atoms with van der Waals surface area (Å²) in [6.45, 7) is 0. The highest BCUT2D eigenvalue weighted by Crippen LogP contribution is 2.32.